The van der Waals surface area contributed by atoms with Gasteiger partial charge < -0.3 is 14.4 Å². The number of ketones is 1. The molecule has 0 bridgehead atoms. The van der Waals surface area contributed by atoms with E-state index in [1.807, 2.05) is 42.1 Å². The van der Waals surface area contributed by atoms with E-state index in [0.29, 0.717) is 35.1 Å². The topological polar surface area (TPSA) is 54.7 Å². The van der Waals surface area contributed by atoms with Gasteiger partial charge >= 0.3 is 0 Å². The molecular weight excluding hydrogens is 376 g/mol. The Balaban J connectivity index is 1.50. The van der Waals surface area contributed by atoms with Crippen LogP contribution in [0.5, 0.6) is 11.5 Å². The number of Topliss-reactive ketones (excluding diaryl/α,β-unsaturated/α-hetero) is 1. The summed E-state index contributed by atoms with van der Waals surface area (Å²) in [7, 11) is 1.99. The van der Waals surface area contributed by atoms with Gasteiger partial charge in [0.15, 0.2) is 5.76 Å². The normalized spacial score (nSPS) is 20.7. The second kappa shape index (κ2) is 7.33. The Morgan fingerprint density at radius 1 is 1.23 bits per heavy atom. The molecule has 0 saturated carbocycles. The lowest BCUT2D eigenvalue weighted by molar-refractivity contribution is 0.101. The van der Waals surface area contributed by atoms with Crippen molar-refractivity contribution in [3.05, 3.63) is 65.0 Å². The Labute approximate surface area is 176 Å². The molecule has 2 aliphatic rings. The predicted octanol–water partition coefficient (Wildman–Crippen LogP) is 4.73. The zero-order valence-electron chi connectivity index (χ0n) is 17.4. The maximum absolute atomic E-state index is 13.1. The Hall–Kier alpha value is -3.05. The molecule has 30 heavy (non-hydrogen) atoms. The number of allylic oxidation sites excluding steroid dienone is 1. The van der Waals surface area contributed by atoms with E-state index in [9.17, 15) is 9.90 Å². The number of nitrogens with zero attached hydrogens (tertiary/aromatic N) is 2. The Bertz CT molecular complexity index is 1170. The van der Waals surface area contributed by atoms with Crippen LogP contribution in [0.2, 0.25) is 0 Å². The summed E-state index contributed by atoms with van der Waals surface area (Å²) in [5.74, 6) is 1.50. The van der Waals surface area contributed by atoms with Crippen molar-refractivity contribution < 1.29 is 14.6 Å². The van der Waals surface area contributed by atoms with E-state index in [-0.39, 0.29) is 11.5 Å². The van der Waals surface area contributed by atoms with Gasteiger partial charge in [-0.3, -0.25) is 9.69 Å². The first kappa shape index (κ1) is 18.9. The number of carbonyl (C=O) groups excluding carboxylic acids is 1. The zero-order valence-corrected chi connectivity index (χ0v) is 17.4. The first-order valence-corrected chi connectivity index (χ1v) is 10.6. The minimum atomic E-state index is -0.133. The molecule has 0 radical (unpaired) electrons. The van der Waals surface area contributed by atoms with E-state index >= 15 is 0 Å². The Morgan fingerprint density at radius 2 is 2.07 bits per heavy atom. The number of piperidine rings is 1. The van der Waals surface area contributed by atoms with Crippen LogP contribution < -0.4 is 4.74 Å². The number of rotatable bonds is 3. The third-order valence-electron chi connectivity index (χ3n) is 6.25. The van der Waals surface area contributed by atoms with E-state index < -0.39 is 0 Å². The van der Waals surface area contributed by atoms with Crippen molar-refractivity contribution in [3.8, 4) is 11.5 Å². The average Bonchev–Trinajstić information content (AvgIpc) is 3.22. The Kier molecular flexibility index (Phi) is 4.63. The highest BCUT2D eigenvalue weighted by molar-refractivity contribution is 6.15. The van der Waals surface area contributed by atoms with Crippen molar-refractivity contribution in [2.45, 2.75) is 26.3 Å². The molecule has 2 aliphatic heterocycles. The highest BCUT2D eigenvalue weighted by Gasteiger charge is 2.32. The number of fused-ring (bicyclic) bond motifs is 2. The van der Waals surface area contributed by atoms with Gasteiger partial charge in [0.2, 0.25) is 5.78 Å². The first-order chi connectivity index (χ1) is 14.5. The summed E-state index contributed by atoms with van der Waals surface area (Å²) in [5, 5.41) is 11.6. The molecule has 0 aliphatic carbocycles. The number of benzene rings is 2. The fourth-order valence-corrected chi connectivity index (χ4v) is 4.73. The van der Waals surface area contributed by atoms with Crippen molar-refractivity contribution >= 4 is 22.8 Å². The number of aryl methyl sites for hydroxylation is 1. The molecular formula is C25H26N2O3. The van der Waals surface area contributed by atoms with Gasteiger partial charge in [-0.25, -0.2) is 0 Å². The van der Waals surface area contributed by atoms with Gasteiger partial charge in [0, 0.05) is 42.8 Å². The number of aromatic hydroxyl groups is 1. The standard InChI is InChI=1S/C25H26N2O3/c1-16-6-5-11-27(13-16)15-20-22(28)10-9-19-24(29)23(30-25(19)20)12-17-14-26(2)21-8-4-3-7-18(17)21/h3-4,7-10,12,14,16,28H,5-6,11,13,15H2,1-2H3/b23-12-. The molecule has 0 amide bonds. The van der Waals surface area contributed by atoms with Gasteiger partial charge in [-0.1, -0.05) is 25.1 Å². The quantitative estimate of drug-likeness (QED) is 0.644. The summed E-state index contributed by atoms with van der Waals surface area (Å²) >= 11 is 0. The number of likely N-dealkylation sites (tertiary alicyclic amines) is 1. The minimum Gasteiger partial charge on any atom is -0.507 e. The second-order valence-corrected chi connectivity index (χ2v) is 8.57. The van der Waals surface area contributed by atoms with Crippen molar-refractivity contribution in [3.63, 3.8) is 0 Å². The molecule has 2 aromatic carbocycles. The van der Waals surface area contributed by atoms with Crippen LogP contribution in [0.15, 0.2) is 48.4 Å². The Morgan fingerprint density at radius 3 is 2.90 bits per heavy atom. The van der Waals surface area contributed by atoms with Gasteiger partial charge in [-0.15, -0.1) is 0 Å². The van der Waals surface area contributed by atoms with Crippen molar-refractivity contribution in [2.24, 2.45) is 13.0 Å². The highest BCUT2D eigenvalue weighted by atomic mass is 16.5. The number of phenolic OH excluding ortho intramolecular Hbond substituents is 1. The van der Waals surface area contributed by atoms with E-state index in [1.54, 1.807) is 12.1 Å². The number of hydrogen-bond acceptors (Lipinski definition) is 4. The monoisotopic (exact) mass is 402 g/mol. The summed E-state index contributed by atoms with van der Waals surface area (Å²) in [6.07, 6.45) is 6.21. The van der Waals surface area contributed by atoms with Crippen LogP contribution in [0.3, 0.4) is 0 Å². The van der Waals surface area contributed by atoms with Crippen molar-refractivity contribution in [1.82, 2.24) is 9.47 Å². The summed E-state index contributed by atoms with van der Waals surface area (Å²) in [6.45, 7) is 4.84. The molecule has 5 nitrogen and oxygen atoms in total. The molecule has 5 rings (SSSR count). The molecule has 1 saturated heterocycles. The maximum atomic E-state index is 13.1. The van der Waals surface area contributed by atoms with Crippen LogP contribution in [-0.2, 0) is 13.6 Å². The lowest BCUT2D eigenvalue weighted by atomic mass is 9.99. The van der Waals surface area contributed by atoms with Crippen molar-refractivity contribution in [2.75, 3.05) is 13.1 Å². The second-order valence-electron chi connectivity index (χ2n) is 8.57. The lowest BCUT2D eigenvalue weighted by Gasteiger charge is -2.31. The van der Waals surface area contributed by atoms with Crippen LogP contribution >= 0.6 is 0 Å². The van der Waals surface area contributed by atoms with E-state index in [4.69, 9.17) is 4.74 Å². The molecule has 1 unspecified atom stereocenters. The third kappa shape index (κ3) is 3.19. The smallest absolute Gasteiger partial charge is 0.231 e. The fraction of sp³-hybridized carbons (Fsp3) is 0.320. The van der Waals surface area contributed by atoms with Crippen LogP contribution in [0.1, 0.15) is 41.3 Å². The van der Waals surface area contributed by atoms with Crippen LogP contribution in [0.25, 0.3) is 17.0 Å². The lowest BCUT2D eigenvalue weighted by Crippen LogP contribution is -2.33. The van der Waals surface area contributed by atoms with Gasteiger partial charge in [0.25, 0.3) is 0 Å². The van der Waals surface area contributed by atoms with Gasteiger partial charge in [0.05, 0.1) is 11.1 Å². The summed E-state index contributed by atoms with van der Waals surface area (Å²) in [5.41, 5.74) is 3.28. The number of aromatic nitrogens is 1. The van der Waals surface area contributed by atoms with Crippen LogP contribution in [0, 0.1) is 5.92 Å². The maximum Gasteiger partial charge on any atom is 0.231 e. The summed E-state index contributed by atoms with van der Waals surface area (Å²) < 4.78 is 8.12. The molecule has 1 aromatic heterocycles. The summed E-state index contributed by atoms with van der Waals surface area (Å²) in [6, 6.07) is 11.4. The summed E-state index contributed by atoms with van der Waals surface area (Å²) in [4.78, 5) is 15.4. The van der Waals surface area contributed by atoms with E-state index in [2.05, 4.69) is 17.9 Å². The fourth-order valence-electron chi connectivity index (χ4n) is 4.73. The third-order valence-corrected chi connectivity index (χ3v) is 6.25. The number of carbonyl (C=O) groups is 1. The van der Waals surface area contributed by atoms with Crippen LogP contribution in [0.4, 0.5) is 0 Å². The molecule has 0 spiro atoms. The van der Waals surface area contributed by atoms with Gasteiger partial charge in [0.1, 0.15) is 11.5 Å². The van der Waals surface area contributed by atoms with Gasteiger partial charge in [-0.2, -0.15) is 0 Å². The highest BCUT2D eigenvalue weighted by Crippen LogP contribution is 2.41. The number of phenols is 1. The largest absolute Gasteiger partial charge is 0.507 e. The van der Waals surface area contributed by atoms with Crippen LogP contribution in [-0.4, -0.2) is 33.4 Å². The van der Waals surface area contributed by atoms with E-state index in [0.717, 1.165) is 36.0 Å². The number of hydrogen-bond donors (Lipinski definition) is 1. The van der Waals surface area contributed by atoms with Gasteiger partial charge in [-0.05, 0) is 49.6 Å². The average molecular weight is 402 g/mol. The molecule has 154 valence electrons. The first-order valence-electron chi connectivity index (χ1n) is 10.6. The molecule has 3 aromatic rings. The minimum absolute atomic E-state index is 0.133. The molecule has 1 N–H and O–H groups in total. The molecule has 5 heteroatoms. The number of para-hydroxylation sites is 1. The van der Waals surface area contributed by atoms with Crippen molar-refractivity contribution in [1.29, 1.82) is 0 Å². The predicted molar refractivity (Wildman–Crippen MR) is 118 cm³/mol. The number of ether oxygens (including phenoxy) is 1. The van der Waals surface area contributed by atoms with E-state index in [1.165, 1.54) is 6.42 Å². The zero-order chi connectivity index (χ0) is 20.8. The molecule has 3 heterocycles. The SMILES string of the molecule is CC1CCCN(Cc2c(O)ccc3c2O/C(=C\c2cn(C)c4ccccc24)C3=O)C1. The molecule has 1 atom stereocenters. The molecule has 1 fully saturated rings.